The number of hydrogen-bond donors (Lipinski definition) is 2. The summed E-state index contributed by atoms with van der Waals surface area (Å²) in [4.78, 5) is 10.9. The molecule has 15 heavy (non-hydrogen) atoms. The van der Waals surface area contributed by atoms with Crippen LogP contribution in [0.1, 0.15) is 46.5 Å². The van der Waals surface area contributed by atoms with Crippen LogP contribution in [0.15, 0.2) is 0 Å². The molecule has 0 aromatic heterocycles. The van der Waals surface area contributed by atoms with E-state index in [0.717, 1.165) is 19.4 Å². The lowest BCUT2D eigenvalue weighted by Crippen LogP contribution is -2.51. The third-order valence-corrected chi connectivity index (χ3v) is 3.32. The van der Waals surface area contributed by atoms with Crippen molar-refractivity contribution in [3.05, 3.63) is 0 Å². The number of hydrogen-bond acceptors (Lipinski definition) is 2. The van der Waals surface area contributed by atoms with Crippen molar-refractivity contribution < 1.29 is 9.90 Å². The Hall–Kier alpha value is -0.570. The van der Waals surface area contributed by atoms with Crippen LogP contribution in [0.4, 0.5) is 0 Å². The van der Waals surface area contributed by atoms with Crippen LogP contribution < -0.4 is 5.32 Å². The molecule has 0 aromatic rings. The van der Waals surface area contributed by atoms with Crippen LogP contribution >= 0.6 is 0 Å². The molecule has 2 atom stereocenters. The number of carbonyl (C=O) groups is 1. The van der Waals surface area contributed by atoms with Gasteiger partial charge in [-0.3, -0.25) is 4.79 Å². The molecule has 0 spiro atoms. The summed E-state index contributed by atoms with van der Waals surface area (Å²) >= 11 is 0. The first kappa shape index (κ1) is 12.5. The van der Waals surface area contributed by atoms with Gasteiger partial charge in [0, 0.05) is 5.54 Å². The number of carboxylic acid groups (broad SMARTS) is 1. The van der Waals surface area contributed by atoms with Crippen molar-refractivity contribution in [2.24, 2.45) is 11.8 Å². The van der Waals surface area contributed by atoms with Gasteiger partial charge in [-0.05, 0) is 37.6 Å². The van der Waals surface area contributed by atoms with Crippen LogP contribution in [0.3, 0.4) is 0 Å². The summed E-state index contributed by atoms with van der Waals surface area (Å²) in [5.41, 5.74) is -0.155. The van der Waals surface area contributed by atoms with E-state index in [1.54, 1.807) is 0 Å². The van der Waals surface area contributed by atoms with Gasteiger partial charge in [-0.25, -0.2) is 0 Å². The second-order valence-electron chi connectivity index (χ2n) is 5.24. The van der Waals surface area contributed by atoms with E-state index in [0.29, 0.717) is 11.8 Å². The molecule has 0 radical (unpaired) electrons. The molecule has 1 saturated carbocycles. The predicted molar refractivity (Wildman–Crippen MR) is 60.8 cm³/mol. The van der Waals surface area contributed by atoms with Crippen molar-refractivity contribution in [3.8, 4) is 0 Å². The fourth-order valence-corrected chi connectivity index (χ4v) is 3.29. The first-order valence-corrected chi connectivity index (χ1v) is 5.94. The Morgan fingerprint density at radius 2 is 1.93 bits per heavy atom. The Labute approximate surface area is 92.3 Å². The van der Waals surface area contributed by atoms with Crippen LogP contribution in [0, 0.1) is 11.8 Å². The zero-order chi connectivity index (χ0) is 11.5. The number of rotatable bonds is 4. The van der Waals surface area contributed by atoms with Crippen LogP contribution in [0.25, 0.3) is 0 Å². The van der Waals surface area contributed by atoms with E-state index < -0.39 is 5.97 Å². The topological polar surface area (TPSA) is 49.3 Å². The lowest BCUT2D eigenvalue weighted by Gasteiger charge is -2.42. The van der Waals surface area contributed by atoms with Crippen molar-refractivity contribution in [3.63, 3.8) is 0 Å². The molecule has 0 amide bonds. The Bertz CT molecular complexity index is 218. The fraction of sp³-hybridized carbons (Fsp3) is 0.917. The first-order chi connectivity index (χ1) is 6.97. The molecular weight excluding hydrogens is 190 g/mol. The minimum absolute atomic E-state index is 0.155. The highest BCUT2D eigenvalue weighted by Gasteiger charge is 2.38. The van der Waals surface area contributed by atoms with Gasteiger partial charge < -0.3 is 10.4 Å². The minimum atomic E-state index is -0.683. The Morgan fingerprint density at radius 1 is 1.40 bits per heavy atom. The Balaban J connectivity index is 2.73. The standard InChI is InChI=1S/C12H23NO2/c1-4-13-12(8-11(14)15)6-9(2)5-10(3)7-12/h9-10,13H,4-8H2,1-3H3,(H,14,15). The maximum Gasteiger partial charge on any atom is 0.305 e. The largest absolute Gasteiger partial charge is 0.481 e. The lowest BCUT2D eigenvalue weighted by molar-refractivity contribution is -0.139. The average Bonchev–Trinajstić information content (AvgIpc) is 1.99. The van der Waals surface area contributed by atoms with Gasteiger partial charge in [0.05, 0.1) is 6.42 Å². The quantitative estimate of drug-likeness (QED) is 0.753. The van der Waals surface area contributed by atoms with Gasteiger partial charge in [0.15, 0.2) is 0 Å². The molecule has 0 saturated heterocycles. The normalized spacial score (nSPS) is 36.5. The number of aliphatic carboxylic acids is 1. The molecule has 2 N–H and O–H groups in total. The third-order valence-electron chi connectivity index (χ3n) is 3.32. The summed E-state index contributed by atoms with van der Waals surface area (Å²) in [6.07, 6.45) is 3.48. The molecule has 1 aliphatic carbocycles. The number of nitrogens with one attached hydrogen (secondary N) is 1. The molecule has 88 valence electrons. The molecule has 0 bridgehead atoms. The molecule has 1 rings (SSSR count). The summed E-state index contributed by atoms with van der Waals surface area (Å²) in [5, 5.41) is 12.4. The van der Waals surface area contributed by atoms with Gasteiger partial charge >= 0.3 is 5.97 Å². The minimum Gasteiger partial charge on any atom is -0.481 e. The van der Waals surface area contributed by atoms with Crippen molar-refractivity contribution in [1.29, 1.82) is 0 Å². The third kappa shape index (κ3) is 3.49. The van der Waals surface area contributed by atoms with Crippen LogP contribution in [0.5, 0.6) is 0 Å². The summed E-state index contributed by atoms with van der Waals surface area (Å²) in [7, 11) is 0. The molecule has 0 heterocycles. The molecule has 3 heteroatoms. The van der Waals surface area contributed by atoms with Gasteiger partial charge in [0.25, 0.3) is 0 Å². The van der Waals surface area contributed by atoms with Crippen molar-refractivity contribution in [1.82, 2.24) is 5.32 Å². The summed E-state index contributed by atoms with van der Waals surface area (Å²) < 4.78 is 0. The highest BCUT2D eigenvalue weighted by molar-refractivity contribution is 5.68. The summed E-state index contributed by atoms with van der Waals surface area (Å²) in [6, 6.07) is 0. The highest BCUT2D eigenvalue weighted by atomic mass is 16.4. The zero-order valence-corrected chi connectivity index (χ0v) is 10.0. The van der Waals surface area contributed by atoms with Crippen LogP contribution in [0.2, 0.25) is 0 Å². The van der Waals surface area contributed by atoms with E-state index >= 15 is 0 Å². The van der Waals surface area contributed by atoms with E-state index in [2.05, 4.69) is 19.2 Å². The molecule has 3 nitrogen and oxygen atoms in total. The summed E-state index contributed by atoms with van der Waals surface area (Å²) in [6.45, 7) is 7.35. The monoisotopic (exact) mass is 213 g/mol. The lowest BCUT2D eigenvalue weighted by atomic mass is 9.70. The molecular formula is C12H23NO2. The first-order valence-electron chi connectivity index (χ1n) is 5.94. The van der Waals surface area contributed by atoms with E-state index in [9.17, 15) is 4.79 Å². The molecule has 0 aliphatic heterocycles. The molecule has 2 unspecified atom stereocenters. The Kier molecular flexibility index (Phi) is 4.14. The maximum atomic E-state index is 10.9. The van der Waals surface area contributed by atoms with E-state index in [4.69, 9.17) is 5.11 Å². The number of carboxylic acids is 1. The second-order valence-corrected chi connectivity index (χ2v) is 5.24. The second kappa shape index (κ2) is 4.97. The van der Waals surface area contributed by atoms with E-state index in [1.165, 1.54) is 6.42 Å². The molecule has 0 aromatic carbocycles. The average molecular weight is 213 g/mol. The zero-order valence-electron chi connectivity index (χ0n) is 10.0. The summed E-state index contributed by atoms with van der Waals surface area (Å²) in [5.74, 6) is 0.580. The van der Waals surface area contributed by atoms with Crippen molar-refractivity contribution in [2.45, 2.75) is 52.0 Å². The fourth-order valence-electron chi connectivity index (χ4n) is 3.29. The van der Waals surface area contributed by atoms with Gasteiger partial charge in [-0.2, -0.15) is 0 Å². The van der Waals surface area contributed by atoms with Gasteiger partial charge in [-0.1, -0.05) is 20.8 Å². The van der Waals surface area contributed by atoms with Gasteiger partial charge in [0.1, 0.15) is 0 Å². The maximum absolute atomic E-state index is 10.9. The SMILES string of the molecule is CCNC1(CC(=O)O)CC(C)CC(C)C1. The predicted octanol–water partition coefficient (Wildman–Crippen LogP) is 2.27. The smallest absolute Gasteiger partial charge is 0.305 e. The van der Waals surface area contributed by atoms with E-state index in [1.807, 2.05) is 6.92 Å². The molecule has 1 fully saturated rings. The Morgan fingerprint density at radius 3 is 2.33 bits per heavy atom. The van der Waals surface area contributed by atoms with Crippen LogP contribution in [-0.4, -0.2) is 23.2 Å². The van der Waals surface area contributed by atoms with Gasteiger partial charge in [-0.15, -0.1) is 0 Å². The van der Waals surface area contributed by atoms with E-state index in [-0.39, 0.29) is 12.0 Å². The molecule has 1 aliphatic rings. The van der Waals surface area contributed by atoms with Gasteiger partial charge in [0.2, 0.25) is 0 Å². The van der Waals surface area contributed by atoms with Crippen molar-refractivity contribution >= 4 is 5.97 Å². The highest BCUT2D eigenvalue weighted by Crippen LogP contribution is 2.37. The van der Waals surface area contributed by atoms with Crippen molar-refractivity contribution in [2.75, 3.05) is 6.54 Å². The van der Waals surface area contributed by atoms with Crippen LogP contribution in [-0.2, 0) is 4.79 Å².